The number of aliphatic carboxylic acids is 1. The van der Waals surface area contributed by atoms with Gasteiger partial charge in [0, 0.05) is 23.3 Å². The minimum atomic E-state index is -1.19. The van der Waals surface area contributed by atoms with Crippen molar-refractivity contribution in [3.63, 3.8) is 0 Å². The van der Waals surface area contributed by atoms with Crippen LogP contribution in [0.2, 0.25) is 5.02 Å². The Morgan fingerprint density at radius 1 is 1.21 bits per heavy atom. The summed E-state index contributed by atoms with van der Waals surface area (Å²) in [7, 11) is 0. The van der Waals surface area contributed by atoms with Crippen LogP contribution < -0.4 is 21.1 Å². The van der Waals surface area contributed by atoms with Crippen LogP contribution in [0, 0.1) is 5.41 Å². The number of imidazole rings is 1. The van der Waals surface area contributed by atoms with Gasteiger partial charge in [-0.3, -0.25) is 10.2 Å². The molecule has 11 nitrogen and oxygen atoms in total. The number of carboxylic acid groups (broad SMARTS) is 1. The maximum Gasteiger partial charge on any atom is 0.343 e. The SMILES string of the molecule is N=C(N)Nc1ccc(C(=O)Oc2ccc(CC(=O)N[C@@H](Cc3c[nH]cn3)C(=O)O)c(Cl)c2)cc1. The molecule has 0 aliphatic carbocycles. The van der Waals surface area contributed by atoms with Crippen molar-refractivity contribution in [3.05, 3.63) is 76.8 Å². The smallest absolute Gasteiger partial charge is 0.343 e. The van der Waals surface area contributed by atoms with Crippen LogP contribution in [0.1, 0.15) is 21.6 Å². The van der Waals surface area contributed by atoms with Crippen molar-refractivity contribution in [1.82, 2.24) is 15.3 Å². The van der Waals surface area contributed by atoms with Crippen LogP contribution >= 0.6 is 11.6 Å². The molecule has 1 amide bonds. The van der Waals surface area contributed by atoms with Crippen LogP contribution in [-0.2, 0) is 22.4 Å². The predicted molar refractivity (Wildman–Crippen MR) is 124 cm³/mol. The van der Waals surface area contributed by atoms with E-state index in [-0.39, 0.29) is 35.1 Å². The molecule has 0 unspecified atom stereocenters. The van der Waals surface area contributed by atoms with Gasteiger partial charge in [0.2, 0.25) is 5.91 Å². The third kappa shape index (κ3) is 6.81. The highest BCUT2D eigenvalue weighted by molar-refractivity contribution is 6.31. The Morgan fingerprint density at radius 3 is 2.53 bits per heavy atom. The summed E-state index contributed by atoms with van der Waals surface area (Å²) in [6, 6.07) is 9.42. The van der Waals surface area contributed by atoms with Gasteiger partial charge >= 0.3 is 11.9 Å². The highest BCUT2D eigenvalue weighted by Gasteiger charge is 2.22. The maximum absolute atomic E-state index is 12.4. The number of ether oxygens (including phenoxy) is 1. The Balaban J connectivity index is 1.59. The third-order valence-electron chi connectivity index (χ3n) is 4.59. The molecule has 0 saturated carbocycles. The van der Waals surface area contributed by atoms with Crippen molar-refractivity contribution in [2.24, 2.45) is 5.73 Å². The molecule has 3 rings (SSSR count). The second-order valence-corrected chi connectivity index (χ2v) is 7.57. The van der Waals surface area contributed by atoms with E-state index in [0.29, 0.717) is 16.9 Å². The summed E-state index contributed by atoms with van der Waals surface area (Å²) in [5.74, 6) is -2.40. The zero-order chi connectivity index (χ0) is 24.7. The lowest BCUT2D eigenvalue weighted by Gasteiger charge is -2.14. The monoisotopic (exact) mass is 484 g/mol. The number of nitrogens with two attached hydrogens (primary N) is 1. The quantitative estimate of drug-likeness (QED) is 0.115. The van der Waals surface area contributed by atoms with E-state index in [0.717, 1.165) is 0 Å². The highest BCUT2D eigenvalue weighted by atomic mass is 35.5. The molecule has 1 heterocycles. The fourth-order valence-electron chi connectivity index (χ4n) is 2.98. The Labute approximate surface area is 198 Å². The summed E-state index contributed by atoms with van der Waals surface area (Å²) >= 11 is 6.24. The van der Waals surface area contributed by atoms with E-state index < -0.39 is 23.9 Å². The second kappa shape index (κ2) is 11.0. The van der Waals surface area contributed by atoms with E-state index in [9.17, 15) is 19.5 Å². The number of carboxylic acids is 1. The molecule has 2 aromatic carbocycles. The number of nitrogens with one attached hydrogen (secondary N) is 4. The Hall–Kier alpha value is -4.38. The number of hydrogen-bond donors (Lipinski definition) is 6. The van der Waals surface area contributed by atoms with Crippen LogP contribution in [0.15, 0.2) is 55.0 Å². The second-order valence-electron chi connectivity index (χ2n) is 7.16. The largest absolute Gasteiger partial charge is 0.480 e. The van der Waals surface area contributed by atoms with Crippen LogP contribution in [0.4, 0.5) is 5.69 Å². The first kappa shape index (κ1) is 24.3. The Morgan fingerprint density at radius 2 is 1.94 bits per heavy atom. The van der Waals surface area contributed by atoms with E-state index in [1.165, 1.54) is 36.7 Å². The standard InChI is InChI=1S/C22H21ClN6O5/c23-17-9-16(34-21(33)12-1-4-14(5-2-12)28-22(24)25)6-3-13(17)7-19(30)29-18(20(31)32)8-15-10-26-11-27-15/h1-6,9-11,18H,7-8H2,(H,26,27)(H,29,30)(H,31,32)(H4,24,25,28)/t18-/m0/s1. The molecular weight excluding hydrogens is 464 g/mol. The molecule has 176 valence electrons. The van der Waals surface area contributed by atoms with E-state index in [2.05, 4.69) is 20.6 Å². The number of H-pyrrole nitrogens is 1. The number of esters is 1. The van der Waals surface area contributed by atoms with E-state index in [1.54, 1.807) is 18.3 Å². The molecular formula is C22H21ClN6O5. The van der Waals surface area contributed by atoms with Gasteiger partial charge in [0.1, 0.15) is 11.8 Å². The lowest BCUT2D eigenvalue weighted by Crippen LogP contribution is -2.43. The van der Waals surface area contributed by atoms with Gasteiger partial charge in [-0.1, -0.05) is 17.7 Å². The van der Waals surface area contributed by atoms with Crippen molar-refractivity contribution in [2.75, 3.05) is 5.32 Å². The van der Waals surface area contributed by atoms with Gasteiger partial charge in [-0.05, 0) is 42.0 Å². The predicted octanol–water partition coefficient (Wildman–Crippen LogP) is 1.94. The molecule has 0 bridgehead atoms. The zero-order valence-corrected chi connectivity index (χ0v) is 18.4. The normalized spacial score (nSPS) is 11.3. The van der Waals surface area contributed by atoms with Crippen molar-refractivity contribution < 1.29 is 24.2 Å². The molecule has 12 heteroatoms. The summed E-state index contributed by atoms with van der Waals surface area (Å²) < 4.78 is 5.32. The first-order valence-electron chi connectivity index (χ1n) is 9.93. The average Bonchev–Trinajstić information content (AvgIpc) is 3.28. The first-order valence-corrected chi connectivity index (χ1v) is 10.3. The fourth-order valence-corrected chi connectivity index (χ4v) is 3.21. The zero-order valence-electron chi connectivity index (χ0n) is 17.7. The molecule has 0 fully saturated rings. The van der Waals surface area contributed by atoms with E-state index >= 15 is 0 Å². The van der Waals surface area contributed by atoms with Gasteiger partial charge < -0.3 is 31.2 Å². The van der Waals surface area contributed by atoms with Crippen LogP contribution in [0.3, 0.4) is 0 Å². The molecule has 3 aromatic rings. The topological polar surface area (TPSA) is 183 Å². The number of hydrogen-bond acceptors (Lipinski definition) is 6. The molecule has 34 heavy (non-hydrogen) atoms. The number of carbonyl (C=O) groups is 3. The summed E-state index contributed by atoms with van der Waals surface area (Å²) in [5.41, 5.74) is 7.01. The lowest BCUT2D eigenvalue weighted by molar-refractivity contribution is -0.141. The average molecular weight is 485 g/mol. The number of amides is 1. The number of benzene rings is 2. The summed E-state index contributed by atoms with van der Waals surface area (Å²) in [6.45, 7) is 0. The minimum absolute atomic E-state index is 0.0268. The number of aromatic nitrogens is 2. The summed E-state index contributed by atoms with van der Waals surface area (Å²) in [5, 5.41) is 21.8. The summed E-state index contributed by atoms with van der Waals surface area (Å²) in [6.07, 6.45) is 2.84. The first-order chi connectivity index (χ1) is 16.2. The number of carbonyl (C=O) groups excluding carboxylic acids is 2. The van der Waals surface area contributed by atoms with E-state index in [1.807, 2.05) is 0 Å². The number of nitrogens with zero attached hydrogens (tertiary/aromatic N) is 1. The van der Waals surface area contributed by atoms with Gasteiger partial charge in [0.05, 0.1) is 24.0 Å². The third-order valence-corrected chi connectivity index (χ3v) is 4.94. The highest BCUT2D eigenvalue weighted by Crippen LogP contribution is 2.24. The number of guanidine groups is 1. The maximum atomic E-state index is 12.4. The van der Waals surface area contributed by atoms with Crippen molar-refractivity contribution in [2.45, 2.75) is 18.9 Å². The Bertz CT molecular complexity index is 1200. The van der Waals surface area contributed by atoms with Crippen LogP contribution in [0.5, 0.6) is 5.75 Å². The molecule has 1 atom stereocenters. The molecule has 0 aliphatic heterocycles. The lowest BCUT2D eigenvalue weighted by atomic mass is 10.1. The number of halogens is 1. The van der Waals surface area contributed by atoms with Crippen molar-refractivity contribution in [1.29, 1.82) is 5.41 Å². The van der Waals surface area contributed by atoms with Gasteiger partial charge in [-0.2, -0.15) is 0 Å². The van der Waals surface area contributed by atoms with Crippen LogP contribution in [0.25, 0.3) is 0 Å². The minimum Gasteiger partial charge on any atom is -0.480 e. The number of rotatable bonds is 9. The molecule has 0 radical (unpaired) electrons. The van der Waals surface area contributed by atoms with Gasteiger partial charge in [0.25, 0.3) is 0 Å². The Kier molecular flexibility index (Phi) is 7.83. The van der Waals surface area contributed by atoms with Gasteiger partial charge in [-0.25, -0.2) is 14.6 Å². The van der Waals surface area contributed by atoms with E-state index in [4.69, 9.17) is 27.5 Å². The van der Waals surface area contributed by atoms with Gasteiger partial charge in [-0.15, -0.1) is 0 Å². The molecule has 0 aliphatic rings. The number of aromatic amines is 1. The molecule has 0 saturated heterocycles. The van der Waals surface area contributed by atoms with Crippen molar-refractivity contribution in [3.8, 4) is 5.75 Å². The van der Waals surface area contributed by atoms with Gasteiger partial charge in [0.15, 0.2) is 5.96 Å². The molecule has 7 N–H and O–H groups in total. The van der Waals surface area contributed by atoms with Crippen molar-refractivity contribution >= 4 is 41.1 Å². The van der Waals surface area contributed by atoms with Crippen LogP contribution in [-0.4, -0.2) is 44.9 Å². The molecule has 0 spiro atoms. The number of anilines is 1. The fraction of sp³-hybridized carbons (Fsp3) is 0.136. The summed E-state index contributed by atoms with van der Waals surface area (Å²) in [4.78, 5) is 42.9. The molecule has 1 aromatic heterocycles.